The van der Waals surface area contributed by atoms with Gasteiger partial charge in [0.15, 0.2) is 0 Å². The highest BCUT2D eigenvalue weighted by Crippen LogP contribution is 2.04. The molecule has 1 aromatic carbocycles. The lowest BCUT2D eigenvalue weighted by molar-refractivity contribution is 0.0696. The van der Waals surface area contributed by atoms with E-state index in [1.165, 1.54) is 18.2 Å². The van der Waals surface area contributed by atoms with E-state index >= 15 is 0 Å². The predicted octanol–water partition coefficient (Wildman–Crippen LogP) is -0.418. The van der Waals surface area contributed by atoms with Gasteiger partial charge < -0.3 is 20.4 Å². The molecular formula is C12H19NO9S. The van der Waals surface area contributed by atoms with Gasteiger partial charge in [0.25, 0.3) is 0 Å². The van der Waals surface area contributed by atoms with Crippen LogP contribution in [-0.4, -0.2) is 58.5 Å². The zero-order chi connectivity index (χ0) is 18.5. The lowest BCUT2D eigenvalue weighted by Crippen LogP contribution is -2.08. The molecule has 11 heteroatoms. The maximum absolute atomic E-state index is 10.4. The Morgan fingerprint density at radius 3 is 1.48 bits per heavy atom. The van der Waals surface area contributed by atoms with Gasteiger partial charge in [-0.2, -0.15) is 8.42 Å². The number of aliphatic hydroxyl groups excluding tert-OH is 2. The molecule has 0 amide bonds. The number of unbranched alkanes of at least 4 members (excludes halogenated alkanes) is 1. The molecule has 0 unspecified atom stereocenters. The molecule has 0 saturated carbocycles. The first-order valence-corrected chi connectivity index (χ1v) is 7.56. The van der Waals surface area contributed by atoms with Gasteiger partial charge in [0, 0.05) is 13.2 Å². The number of hydrogen-bond acceptors (Lipinski definition) is 6. The Bertz CT molecular complexity index is 545. The zero-order valence-corrected chi connectivity index (χ0v) is 12.8. The lowest BCUT2D eigenvalue weighted by atomic mass is 10.1. The third kappa shape index (κ3) is 17.9. The van der Waals surface area contributed by atoms with Crippen molar-refractivity contribution in [2.45, 2.75) is 12.8 Å². The number of carbonyl (C=O) groups is 2. The number of aromatic carboxylic acids is 2. The summed E-state index contributed by atoms with van der Waals surface area (Å²) >= 11 is 0. The molecule has 7 N–H and O–H groups in total. The molecule has 0 atom stereocenters. The van der Waals surface area contributed by atoms with E-state index in [1.54, 1.807) is 0 Å². The van der Waals surface area contributed by atoms with Crippen LogP contribution in [0.2, 0.25) is 0 Å². The Hall–Kier alpha value is -2.05. The van der Waals surface area contributed by atoms with E-state index < -0.39 is 22.2 Å². The van der Waals surface area contributed by atoms with Crippen molar-refractivity contribution in [3.63, 3.8) is 0 Å². The van der Waals surface area contributed by atoms with Crippen molar-refractivity contribution < 1.29 is 43.0 Å². The van der Waals surface area contributed by atoms with Crippen molar-refractivity contribution in [1.82, 2.24) is 0 Å². The summed E-state index contributed by atoms with van der Waals surface area (Å²) in [5, 5.41) is 37.1. The zero-order valence-electron chi connectivity index (χ0n) is 12.0. The normalized spacial score (nSPS) is 9.74. The molecule has 0 radical (unpaired) electrons. The molecular weight excluding hydrogens is 334 g/mol. The number of carboxylic acid groups (broad SMARTS) is 2. The van der Waals surface area contributed by atoms with E-state index in [2.05, 4.69) is 5.14 Å². The Labute approximate surface area is 132 Å². The van der Waals surface area contributed by atoms with Crippen LogP contribution in [0, 0.1) is 0 Å². The number of benzene rings is 1. The number of aliphatic hydroxyl groups is 2. The maximum Gasteiger partial charge on any atom is 0.335 e. The summed E-state index contributed by atoms with van der Waals surface area (Å²) in [7, 11) is -4.17. The van der Waals surface area contributed by atoms with Crippen LogP contribution in [0.5, 0.6) is 0 Å². The molecule has 10 nitrogen and oxygen atoms in total. The smallest absolute Gasteiger partial charge is 0.335 e. The van der Waals surface area contributed by atoms with E-state index in [0.29, 0.717) is 0 Å². The Balaban J connectivity index is 0. The molecule has 0 heterocycles. The summed E-state index contributed by atoms with van der Waals surface area (Å²) in [6, 6.07) is 5.20. The lowest BCUT2D eigenvalue weighted by Gasteiger charge is -1.95. The summed E-state index contributed by atoms with van der Waals surface area (Å²) < 4.78 is 25.2. The first-order chi connectivity index (χ1) is 10.5. The fourth-order valence-electron chi connectivity index (χ4n) is 1.01. The molecule has 0 fully saturated rings. The Morgan fingerprint density at radius 2 is 1.26 bits per heavy atom. The van der Waals surface area contributed by atoms with E-state index in [9.17, 15) is 9.59 Å². The second kappa shape index (κ2) is 12.5. The summed E-state index contributed by atoms with van der Waals surface area (Å²) in [5.74, 6) is -2.25. The molecule has 0 aromatic heterocycles. The first kappa shape index (κ1) is 23.2. The highest BCUT2D eigenvalue weighted by Gasteiger charge is 2.06. The monoisotopic (exact) mass is 353 g/mol. The SMILES string of the molecule is NS(=O)(=O)O.O=C(O)c1cccc(C(=O)O)c1.OCCCCO. The van der Waals surface area contributed by atoms with Gasteiger partial charge in [-0.15, -0.1) is 0 Å². The standard InChI is InChI=1S/C8H6O4.C4H10O2.H3NO3S/c9-7(10)5-2-1-3-6(4-5)8(11)12;5-3-1-2-4-6;1-5(2,3)4/h1-4H,(H,9,10)(H,11,12);5-6H,1-4H2;(H3,1,2,3,4). The van der Waals surface area contributed by atoms with E-state index in [-0.39, 0.29) is 24.3 Å². The molecule has 132 valence electrons. The Morgan fingerprint density at radius 1 is 0.957 bits per heavy atom. The fraction of sp³-hybridized carbons (Fsp3) is 0.333. The molecule has 0 bridgehead atoms. The summed E-state index contributed by atoms with van der Waals surface area (Å²) in [6.07, 6.45) is 1.44. The van der Waals surface area contributed by atoms with Crippen molar-refractivity contribution in [2.75, 3.05) is 13.2 Å². The molecule has 1 aromatic rings. The van der Waals surface area contributed by atoms with Crippen molar-refractivity contribution in [3.05, 3.63) is 35.4 Å². The van der Waals surface area contributed by atoms with Crippen LogP contribution in [0.25, 0.3) is 0 Å². The van der Waals surface area contributed by atoms with Crippen LogP contribution < -0.4 is 5.14 Å². The Kier molecular flexibility index (Phi) is 12.6. The highest BCUT2D eigenvalue weighted by molar-refractivity contribution is 7.83. The van der Waals surface area contributed by atoms with Crippen molar-refractivity contribution >= 4 is 22.2 Å². The van der Waals surface area contributed by atoms with Gasteiger partial charge in [-0.25, -0.2) is 14.7 Å². The van der Waals surface area contributed by atoms with Crippen LogP contribution in [0.4, 0.5) is 0 Å². The minimum Gasteiger partial charge on any atom is -0.478 e. The minimum atomic E-state index is -4.17. The fourth-order valence-corrected chi connectivity index (χ4v) is 1.01. The van der Waals surface area contributed by atoms with Crippen molar-refractivity contribution in [3.8, 4) is 0 Å². The minimum absolute atomic E-state index is 0.0186. The third-order valence-electron chi connectivity index (χ3n) is 1.92. The van der Waals surface area contributed by atoms with Crippen LogP contribution in [0.1, 0.15) is 33.6 Å². The summed E-state index contributed by atoms with van der Waals surface area (Å²) in [4.78, 5) is 20.8. The van der Waals surface area contributed by atoms with Crippen LogP contribution in [0.15, 0.2) is 24.3 Å². The van der Waals surface area contributed by atoms with E-state index in [0.717, 1.165) is 18.9 Å². The van der Waals surface area contributed by atoms with Gasteiger partial charge in [0.05, 0.1) is 11.1 Å². The highest BCUT2D eigenvalue weighted by atomic mass is 32.2. The number of rotatable bonds is 5. The average molecular weight is 353 g/mol. The molecule has 0 saturated heterocycles. The number of hydrogen-bond donors (Lipinski definition) is 6. The summed E-state index contributed by atoms with van der Waals surface area (Å²) in [6.45, 7) is 0.390. The molecule has 0 aliphatic carbocycles. The molecule has 1 rings (SSSR count). The van der Waals surface area contributed by atoms with Crippen LogP contribution in [0.3, 0.4) is 0 Å². The second-order valence-electron chi connectivity index (χ2n) is 3.86. The topological polar surface area (TPSA) is 195 Å². The predicted molar refractivity (Wildman–Crippen MR) is 79.5 cm³/mol. The van der Waals surface area contributed by atoms with Gasteiger partial charge in [0.2, 0.25) is 0 Å². The molecule has 0 aliphatic rings. The average Bonchev–Trinajstić information content (AvgIpc) is 2.44. The van der Waals surface area contributed by atoms with E-state index in [1.807, 2.05) is 0 Å². The molecule has 0 aliphatic heterocycles. The van der Waals surface area contributed by atoms with Crippen LogP contribution >= 0.6 is 0 Å². The molecule has 23 heavy (non-hydrogen) atoms. The van der Waals surface area contributed by atoms with Gasteiger partial charge in [-0.05, 0) is 31.0 Å². The quantitative estimate of drug-likeness (QED) is 0.301. The van der Waals surface area contributed by atoms with Crippen molar-refractivity contribution in [1.29, 1.82) is 0 Å². The number of carboxylic acids is 2. The van der Waals surface area contributed by atoms with Gasteiger partial charge >= 0.3 is 22.2 Å². The van der Waals surface area contributed by atoms with Gasteiger partial charge in [0.1, 0.15) is 0 Å². The van der Waals surface area contributed by atoms with Crippen molar-refractivity contribution in [2.24, 2.45) is 5.14 Å². The van der Waals surface area contributed by atoms with E-state index in [4.69, 9.17) is 33.4 Å². The maximum atomic E-state index is 10.4. The number of nitrogens with two attached hydrogens (primary N) is 1. The van der Waals surface area contributed by atoms with Crippen LogP contribution in [-0.2, 0) is 10.3 Å². The molecule has 0 spiro atoms. The first-order valence-electron chi connectivity index (χ1n) is 6.06. The second-order valence-corrected chi connectivity index (χ2v) is 4.89. The van der Waals surface area contributed by atoms with Gasteiger partial charge in [-0.1, -0.05) is 6.07 Å². The van der Waals surface area contributed by atoms with Gasteiger partial charge in [-0.3, -0.25) is 4.55 Å². The third-order valence-corrected chi connectivity index (χ3v) is 1.92. The largest absolute Gasteiger partial charge is 0.478 e. The summed E-state index contributed by atoms with van der Waals surface area (Å²) in [5.41, 5.74) is -0.0372.